The van der Waals surface area contributed by atoms with E-state index < -0.39 is 17.8 Å². The van der Waals surface area contributed by atoms with Crippen molar-refractivity contribution < 1.29 is 24.2 Å². The molecule has 1 aromatic carbocycles. The molecule has 2 N–H and O–H groups in total. The van der Waals surface area contributed by atoms with Gasteiger partial charge in [0.2, 0.25) is 0 Å². The number of benzene rings is 1. The molecule has 1 atom stereocenters. The van der Waals surface area contributed by atoms with E-state index in [4.69, 9.17) is 14.3 Å². The van der Waals surface area contributed by atoms with Crippen LogP contribution in [0.1, 0.15) is 32.4 Å². The summed E-state index contributed by atoms with van der Waals surface area (Å²) in [7, 11) is 1.55. The first kappa shape index (κ1) is 16.3. The number of hydrogen-bond donors (Lipinski definition) is 2. The van der Waals surface area contributed by atoms with Gasteiger partial charge in [-0.1, -0.05) is 12.1 Å². The van der Waals surface area contributed by atoms with Crippen LogP contribution < -0.4 is 10.2 Å². The van der Waals surface area contributed by atoms with Gasteiger partial charge in [-0.3, -0.25) is 4.84 Å². The first-order valence-electron chi connectivity index (χ1n) is 6.25. The first-order chi connectivity index (χ1) is 9.35. The van der Waals surface area contributed by atoms with E-state index >= 15 is 0 Å². The van der Waals surface area contributed by atoms with Crippen LogP contribution in [-0.4, -0.2) is 30.5 Å². The fraction of sp³-hybridized carbons (Fsp3) is 0.500. The number of amides is 1. The van der Waals surface area contributed by atoms with Crippen molar-refractivity contribution in [1.82, 2.24) is 5.48 Å². The van der Waals surface area contributed by atoms with E-state index in [1.807, 2.05) is 0 Å². The summed E-state index contributed by atoms with van der Waals surface area (Å²) in [4.78, 5) is 16.6. The second kappa shape index (κ2) is 7.12. The Kier molecular flexibility index (Phi) is 5.79. The summed E-state index contributed by atoms with van der Waals surface area (Å²) in [6.45, 7) is 4.96. The smallest absolute Gasteiger partial charge is 0.431 e. The zero-order valence-electron chi connectivity index (χ0n) is 12.2. The number of aliphatic hydroxyl groups is 1. The van der Waals surface area contributed by atoms with Gasteiger partial charge in [-0.2, -0.15) is 5.48 Å². The number of aliphatic hydroxyl groups excluding tert-OH is 1. The van der Waals surface area contributed by atoms with Gasteiger partial charge in [-0.05, 0) is 38.5 Å². The maximum atomic E-state index is 11.5. The van der Waals surface area contributed by atoms with Crippen LogP contribution in [0, 0.1) is 0 Å². The van der Waals surface area contributed by atoms with E-state index in [1.165, 1.54) is 0 Å². The van der Waals surface area contributed by atoms with Crippen LogP contribution in [-0.2, 0) is 9.57 Å². The Morgan fingerprint density at radius 3 is 2.65 bits per heavy atom. The van der Waals surface area contributed by atoms with Gasteiger partial charge in [-0.25, -0.2) is 4.79 Å². The molecule has 1 amide bonds. The standard InChI is InChI=1S/C14H21NO5/c1-14(2,3)19-13(17)15-20-12(9-16)10-6-5-7-11(8-10)18-4/h5-8,12,16H,9H2,1-4H3,(H,15,17). The van der Waals surface area contributed by atoms with Gasteiger partial charge in [0.05, 0.1) is 13.7 Å². The summed E-state index contributed by atoms with van der Waals surface area (Å²) in [5.74, 6) is 0.641. The Bertz CT molecular complexity index is 441. The Labute approximate surface area is 118 Å². The molecule has 0 spiro atoms. The van der Waals surface area contributed by atoms with Crippen molar-refractivity contribution in [3.63, 3.8) is 0 Å². The van der Waals surface area contributed by atoms with E-state index in [0.717, 1.165) is 0 Å². The highest BCUT2D eigenvalue weighted by Crippen LogP contribution is 2.21. The predicted octanol–water partition coefficient (Wildman–Crippen LogP) is 2.18. The summed E-state index contributed by atoms with van der Waals surface area (Å²) in [6.07, 6.45) is -1.41. The van der Waals surface area contributed by atoms with Crippen molar-refractivity contribution >= 4 is 6.09 Å². The lowest BCUT2D eigenvalue weighted by Gasteiger charge is -2.21. The molecule has 6 heteroatoms. The van der Waals surface area contributed by atoms with Crippen molar-refractivity contribution in [2.75, 3.05) is 13.7 Å². The molecule has 20 heavy (non-hydrogen) atoms. The third-order valence-corrected chi connectivity index (χ3v) is 2.31. The molecule has 112 valence electrons. The van der Waals surface area contributed by atoms with Crippen molar-refractivity contribution in [3.8, 4) is 5.75 Å². The predicted molar refractivity (Wildman–Crippen MR) is 73.3 cm³/mol. The zero-order valence-corrected chi connectivity index (χ0v) is 12.2. The second-order valence-corrected chi connectivity index (χ2v) is 5.17. The molecule has 0 bridgehead atoms. The van der Waals surface area contributed by atoms with E-state index in [9.17, 15) is 9.90 Å². The Hall–Kier alpha value is -1.79. The minimum Gasteiger partial charge on any atom is -0.497 e. The van der Waals surface area contributed by atoms with Crippen LogP contribution in [0.2, 0.25) is 0 Å². The topological polar surface area (TPSA) is 77.0 Å². The molecule has 0 heterocycles. The number of carbonyl (C=O) groups excluding carboxylic acids is 1. The van der Waals surface area contributed by atoms with Crippen LogP contribution in [0.3, 0.4) is 0 Å². The van der Waals surface area contributed by atoms with Crippen molar-refractivity contribution in [3.05, 3.63) is 29.8 Å². The molecule has 1 aromatic rings. The van der Waals surface area contributed by atoms with Gasteiger partial charge >= 0.3 is 6.09 Å². The average molecular weight is 283 g/mol. The summed E-state index contributed by atoms with van der Waals surface area (Å²) >= 11 is 0. The summed E-state index contributed by atoms with van der Waals surface area (Å²) in [5.41, 5.74) is 2.23. The second-order valence-electron chi connectivity index (χ2n) is 5.17. The monoisotopic (exact) mass is 283 g/mol. The molecule has 0 saturated heterocycles. The van der Waals surface area contributed by atoms with Gasteiger partial charge in [0, 0.05) is 0 Å². The number of nitrogens with one attached hydrogen (secondary N) is 1. The Morgan fingerprint density at radius 1 is 1.40 bits per heavy atom. The number of ether oxygens (including phenoxy) is 2. The number of hydrogen-bond acceptors (Lipinski definition) is 5. The van der Waals surface area contributed by atoms with Crippen molar-refractivity contribution in [2.24, 2.45) is 0 Å². The molecular formula is C14H21NO5. The van der Waals surface area contributed by atoms with Gasteiger partial charge in [-0.15, -0.1) is 0 Å². The normalized spacial score (nSPS) is 12.7. The lowest BCUT2D eigenvalue weighted by molar-refractivity contribution is -0.0611. The van der Waals surface area contributed by atoms with Gasteiger partial charge in [0.25, 0.3) is 0 Å². The van der Waals surface area contributed by atoms with Crippen molar-refractivity contribution in [2.45, 2.75) is 32.5 Å². The summed E-state index contributed by atoms with van der Waals surface area (Å²) in [6, 6.07) is 7.03. The molecule has 0 saturated carbocycles. The molecule has 0 radical (unpaired) electrons. The van der Waals surface area contributed by atoms with Gasteiger partial charge in [0.15, 0.2) is 0 Å². The summed E-state index contributed by atoms with van der Waals surface area (Å²) < 4.78 is 10.1. The van der Waals surface area contributed by atoms with Crippen molar-refractivity contribution in [1.29, 1.82) is 0 Å². The quantitative estimate of drug-likeness (QED) is 0.810. The highest BCUT2D eigenvalue weighted by atomic mass is 16.7. The number of methoxy groups -OCH3 is 1. The lowest BCUT2D eigenvalue weighted by atomic mass is 10.1. The molecule has 0 aromatic heterocycles. The Morgan fingerprint density at radius 2 is 2.10 bits per heavy atom. The van der Waals surface area contributed by atoms with E-state index in [1.54, 1.807) is 52.1 Å². The third kappa shape index (κ3) is 5.46. The van der Waals surface area contributed by atoms with E-state index in [2.05, 4.69) is 5.48 Å². The fourth-order valence-electron chi connectivity index (χ4n) is 1.47. The lowest BCUT2D eigenvalue weighted by Crippen LogP contribution is -2.34. The molecule has 6 nitrogen and oxygen atoms in total. The molecule has 1 unspecified atom stereocenters. The number of rotatable bonds is 5. The van der Waals surface area contributed by atoms with Crippen LogP contribution in [0.15, 0.2) is 24.3 Å². The maximum absolute atomic E-state index is 11.5. The molecule has 1 rings (SSSR count). The minimum atomic E-state index is -0.709. The molecule has 0 fully saturated rings. The molecule has 0 aliphatic carbocycles. The fourth-order valence-corrected chi connectivity index (χ4v) is 1.47. The van der Waals surface area contributed by atoms with Gasteiger partial charge in [0.1, 0.15) is 17.5 Å². The van der Waals surface area contributed by atoms with E-state index in [0.29, 0.717) is 11.3 Å². The average Bonchev–Trinajstić information content (AvgIpc) is 2.37. The van der Waals surface area contributed by atoms with Crippen LogP contribution in [0.25, 0.3) is 0 Å². The van der Waals surface area contributed by atoms with Crippen LogP contribution >= 0.6 is 0 Å². The van der Waals surface area contributed by atoms with Crippen LogP contribution in [0.4, 0.5) is 4.79 Å². The summed E-state index contributed by atoms with van der Waals surface area (Å²) in [5, 5.41) is 9.33. The molecule has 0 aliphatic heterocycles. The zero-order chi connectivity index (χ0) is 15.2. The number of carbonyl (C=O) groups is 1. The van der Waals surface area contributed by atoms with Gasteiger partial charge < -0.3 is 14.6 Å². The Balaban J connectivity index is 2.61. The first-order valence-corrected chi connectivity index (χ1v) is 6.25. The number of hydroxylamine groups is 1. The SMILES string of the molecule is COc1cccc(C(CO)ONC(=O)OC(C)(C)C)c1. The largest absolute Gasteiger partial charge is 0.497 e. The maximum Gasteiger partial charge on any atom is 0.431 e. The van der Waals surface area contributed by atoms with Crippen LogP contribution in [0.5, 0.6) is 5.75 Å². The highest BCUT2D eigenvalue weighted by Gasteiger charge is 2.18. The molecule has 0 aliphatic rings. The minimum absolute atomic E-state index is 0.289. The highest BCUT2D eigenvalue weighted by molar-refractivity contribution is 5.66. The molecular weight excluding hydrogens is 262 g/mol. The third-order valence-electron chi connectivity index (χ3n) is 2.31. The van der Waals surface area contributed by atoms with E-state index in [-0.39, 0.29) is 6.61 Å².